The number of nitrogens with one attached hydrogen (secondary N) is 3. The average molecular weight is 569 g/mol. The van der Waals surface area contributed by atoms with E-state index in [2.05, 4.69) is 20.6 Å². The number of carboxylic acid groups (broad SMARTS) is 1. The van der Waals surface area contributed by atoms with E-state index < -0.39 is 41.7 Å². The summed E-state index contributed by atoms with van der Waals surface area (Å²) >= 11 is 0. The summed E-state index contributed by atoms with van der Waals surface area (Å²) in [7, 11) is 1.55. The second kappa shape index (κ2) is 15.5. The fraction of sp³-hybridized carbons (Fsp3) is 0.583. The number of anilines is 1. The lowest BCUT2D eigenvalue weighted by atomic mass is 10.2. The number of fused-ring (bicyclic) bond motifs is 1. The molecule has 0 saturated carbocycles. The maximum absolute atomic E-state index is 13.2. The minimum absolute atomic E-state index is 0.00114. The SMILES string of the molecule is COCCOCCOCC(CN(CC(=O)O)C(=O)Cn1ccc2c(=O)[nH]c(NC(=O)OC(C)(C)C)nc21)NC=O. The molecular formula is C24H36N6O10. The van der Waals surface area contributed by atoms with E-state index in [9.17, 15) is 29.1 Å². The molecule has 222 valence electrons. The molecule has 1 atom stereocenters. The van der Waals surface area contributed by atoms with E-state index in [0.717, 1.165) is 4.90 Å². The Bertz CT molecular complexity index is 1200. The molecule has 2 heterocycles. The van der Waals surface area contributed by atoms with Crippen LogP contribution in [0.5, 0.6) is 0 Å². The predicted molar refractivity (Wildman–Crippen MR) is 141 cm³/mol. The van der Waals surface area contributed by atoms with Crippen molar-refractivity contribution < 1.29 is 43.2 Å². The summed E-state index contributed by atoms with van der Waals surface area (Å²) in [5.74, 6) is -2.08. The Morgan fingerprint density at radius 3 is 2.55 bits per heavy atom. The fourth-order valence-electron chi connectivity index (χ4n) is 3.43. The predicted octanol–water partition coefficient (Wildman–Crippen LogP) is -0.221. The van der Waals surface area contributed by atoms with Gasteiger partial charge in [-0.3, -0.25) is 29.5 Å². The van der Waals surface area contributed by atoms with E-state index in [1.165, 1.54) is 16.8 Å². The molecule has 2 rings (SSSR count). The fourth-order valence-corrected chi connectivity index (χ4v) is 3.43. The lowest BCUT2D eigenvalue weighted by Gasteiger charge is -2.26. The molecule has 2 aromatic heterocycles. The molecule has 0 aliphatic heterocycles. The van der Waals surface area contributed by atoms with Crippen molar-refractivity contribution in [1.82, 2.24) is 24.8 Å². The number of aromatic amines is 1. The number of nitrogens with zero attached hydrogens (tertiary/aromatic N) is 3. The smallest absolute Gasteiger partial charge is 0.414 e. The molecule has 16 nitrogen and oxygen atoms in total. The number of H-pyrrole nitrogens is 1. The number of methoxy groups -OCH3 is 1. The van der Waals surface area contributed by atoms with E-state index in [4.69, 9.17) is 18.9 Å². The Hall–Kier alpha value is -4.02. The molecule has 40 heavy (non-hydrogen) atoms. The van der Waals surface area contributed by atoms with Crippen molar-refractivity contribution >= 4 is 41.4 Å². The molecule has 0 spiro atoms. The standard InChI is InChI=1S/C24H36N6O10/c1-24(2,3)40-23(36)28-22-26-20-17(21(35)27-22)5-6-29(20)12-18(32)30(13-19(33)34)11-16(25-15-31)14-39-10-9-38-8-7-37-4/h5-6,15-16H,7-14H2,1-4H3,(H,25,31)(H,33,34)(H2,26,27,28,35,36). The summed E-state index contributed by atoms with van der Waals surface area (Å²) in [4.78, 5) is 68.1. The van der Waals surface area contributed by atoms with E-state index in [0.29, 0.717) is 19.6 Å². The molecule has 0 saturated heterocycles. The van der Waals surface area contributed by atoms with Crippen molar-refractivity contribution in [1.29, 1.82) is 0 Å². The highest BCUT2D eigenvalue weighted by atomic mass is 16.6. The van der Waals surface area contributed by atoms with Gasteiger partial charge in [-0.1, -0.05) is 0 Å². The van der Waals surface area contributed by atoms with Crippen LogP contribution >= 0.6 is 0 Å². The number of aliphatic carboxylic acids is 1. The van der Waals surface area contributed by atoms with Crippen molar-refractivity contribution in [3.63, 3.8) is 0 Å². The van der Waals surface area contributed by atoms with E-state index >= 15 is 0 Å². The second-order valence-electron chi connectivity index (χ2n) is 9.55. The molecular weight excluding hydrogens is 532 g/mol. The van der Waals surface area contributed by atoms with Crippen LogP contribution in [0, 0.1) is 0 Å². The molecule has 0 aliphatic carbocycles. The number of hydrogen-bond donors (Lipinski definition) is 4. The minimum Gasteiger partial charge on any atom is -0.480 e. The largest absolute Gasteiger partial charge is 0.480 e. The highest BCUT2D eigenvalue weighted by Gasteiger charge is 2.23. The van der Waals surface area contributed by atoms with Gasteiger partial charge < -0.3 is 38.8 Å². The van der Waals surface area contributed by atoms with Crippen molar-refractivity contribution in [2.24, 2.45) is 0 Å². The van der Waals surface area contributed by atoms with Crippen LogP contribution in [0.2, 0.25) is 0 Å². The molecule has 0 aliphatic rings. The summed E-state index contributed by atoms with van der Waals surface area (Å²) in [6, 6.07) is 0.735. The molecule has 0 radical (unpaired) electrons. The number of carboxylic acids is 1. The number of rotatable bonds is 17. The Morgan fingerprint density at radius 1 is 1.20 bits per heavy atom. The van der Waals surface area contributed by atoms with Crippen LogP contribution in [0.25, 0.3) is 11.0 Å². The van der Waals surface area contributed by atoms with Gasteiger partial charge in [0.1, 0.15) is 24.3 Å². The van der Waals surface area contributed by atoms with Gasteiger partial charge >= 0.3 is 12.1 Å². The highest BCUT2D eigenvalue weighted by Crippen LogP contribution is 2.13. The first kappa shape index (κ1) is 32.2. The van der Waals surface area contributed by atoms with Crippen LogP contribution in [0.3, 0.4) is 0 Å². The molecule has 4 N–H and O–H groups in total. The first-order valence-electron chi connectivity index (χ1n) is 12.4. The Kier molecular flexibility index (Phi) is 12.5. The van der Waals surface area contributed by atoms with Crippen LogP contribution in [0.1, 0.15) is 20.8 Å². The Morgan fingerprint density at radius 2 is 1.90 bits per heavy atom. The van der Waals surface area contributed by atoms with E-state index in [1.807, 2.05) is 0 Å². The second-order valence-corrected chi connectivity index (χ2v) is 9.55. The van der Waals surface area contributed by atoms with Gasteiger partial charge in [0.15, 0.2) is 0 Å². The lowest BCUT2D eigenvalue weighted by Crippen LogP contribution is -2.48. The van der Waals surface area contributed by atoms with E-state index in [1.54, 1.807) is 27.9 Å². The average Bonchev–Trinajstić information content (AvgIpc) is 3.24. The normalized spacial score (nSPS) is 12.1. The third kappa shape index (κ3) is 11.0. The van der Waals surface area contributed by atoms with Gasteiger partial charge in [-0.25, -0.2) is 4.79 Å². The zero-order chi connectivity index (χ0) is 29.7. The lowest BCUT2D eigenvalue weighted by molar-refractivity contribution is -0.145. The topological polar surface area (TPSA) is 203 Å². The van der Waals surface area contributed by atoms with Crippen molar-refractivity contribution in [3.05, 3.63) is 22.6 Å². The van der Waals surface area contributed by atoms with Crippen molar-refractivity contribution in [2.45, 2.75) is 39.0 Å². The van der Waals surface area contributed by atoms with Gasteiger partial charge in [-0.2, -0.15) is 4.98 Å². The quantitative estimate of drug-likeness (QED) is 0.145. The molecule has 0 aromatic carbocycles. The number of carbonyl (C=O) groups excluding carboxylic acids is 3. The van der Waals surface area contributed by atoms with Gasteiger partial charge in [-0.15, -0.1) is 0 Å². The molecule has 0 fully saturated rings. The Labute approximate surface area is 229 Å². The first-order valence-corrected chi connectivity index (χ1v) is 12.4. The maximum Gasteiger partial charge on any atom is 0.414 e. The summed E-state index contributed by atoms with van der Waals surface area (Å²) in [5, 5.41) is 14.4. The van der Waals surface area contributed by atoms with Gasteiger partial charge in [-0.05, 0) is 26.8 Å². The number of aromatic nitrogens is 3. The van der Waals surface area contributed by atoms with Gasteiger partial charge in [0.05, 0.1) is 44.5 Å². The summed E-state index contributed by atoms with van der Waals surface area (Å²) in [6.07, 6.45) is 1.03. The number of ether oxygens (including phenoxy) is 4. The summed E-state index contributed by atoms with van der Waals surface area (Å²) in [5.41, 5.74) is -1.27. The number of amides is 3. The first-order chi connectivity index (χ1) is 18.9. The Balaban J connectivity index is 2.13. The van der Waals surface area contributed by atoms with Crippen molar-refractivity contribution in [2.75, 3.05) is 58.6 Å². The molecule has 3 amide bonds. The van der Waals surface area contributed by atoms with Crippen LogP contribution in [-0.2, 0) is 39.9 Å². The summed E-state index contributed by atoms with van der Waals surface area (Å²) in [6.45, 7) is 5.16. The number of carbonyl (C=O) groups is 4. The molecule has 1 unspecified atom stereocenters. The molecule has 16 heteroatoms. The third-order valence-corrected chi connectivity index (χ3v) is 5.10. The van der Waals surface area contributed by atoms with Gasteiger partial charge in [0.2, 0.25) is 18.3 Å². The molecule has 0 bridgehead atoms. The van der Waals surface area contributed by atoms with Gasteiger partial charge in [0, 0.05) is 19.9 Å². The van der Waals surface area contributed by atoms with Crippen molar-refractivity contribution in [3.8, 4) is 0 Å². The van der Waals surface area contributed by atoms with Crippen LogP contribution in [0.4, 0.5) is 10.7 Å². The van der Waals surface area contributed by atoms with Gasteiger partial charge in [0.25, 0.3) is 5.56 Å². The zero-order valence-corrected chi connectivity index (χ0v) is 22.9. The minimum atomic E-state index is -1.26. The molecule has 2 aromatic rings. The highest BCUT2D eigenvalue weighted by molar-refractivity contribution is 5.86. The van der Waals surface area contributed by atoms with E-state index in [-0.39, 0.29) is 49.9 Å². The third-order valence-electron chi connectivity index (χ3n) is 5.10. The summed E-state index contributed by atoms with van der Waals surface area (Å²) < 4.78 is 22.2. The van der Waals surface area contributed by atoms with Crippen LogP contribution in [-0.4, -0.2) is 114 Å². The zero-order valence-electron chi connectivity index (χ0n) is 22.9. The number of hydrogen-bond acceptors (Lipinski definition) is 10. The van der Waals surface area contributed by atoms with Crippen LogP contribution < -0.4 is 16.2 Å². The monoisotopic (exact) mass is 568 g/mol. The maximum atomic E-state index is 13.2. The van der Waals surface area contributed by atoms with Crippen LogP contribution in [0.15, 0.2) is 17.1 Å².